The monoisotopic (exact) mass is 262 g/mol. The molecular weight excluding hydrogens is 248 g/mol. The van der Waals surface area contributed by atoms with Crippen LogP contribution in [0.25, 0.3) is 11.0 Å². The van der Waals surface area contributed by atoms with Crippen molar-refractivity contribution in [3.8, 4) is 0 Å². The number of carbonyl (C=O) groups excluding carboxylic acids is 2. The standard InChI is InChI=1S/C12H14N4O3/c1-12(2,3)9-7(6-17)4-5-8-10(9)14-15-16(8)19-11(13)18/h4-6H,1-3H3,(H2,13,18). The third-order valence-electron chi connectivity index (χ3n) is 2.67. The Labute approximate surface area is 109 Å². The Balaban J connectivity index is 2.74. The quantitative estimate of drug-likeness (QED) is 0.644. The summed E-state index contributed by atoms with van der Waals surface area (Å²) >= 11 is 0. The number of amides is 1. The average molecular weight is 262 g/mol. The number of fused-ring (bicyclic) bond motifs is 1. The highest BCUT2D eigenvalue weighted by Gasteiger charge is 2.24. The van der Waals surface area contributed by atoms with Crippen LogP contribution in [0.5, 0.6) is 0 Å². The molecule has 0 spiro atoms. The van der Waals surface area contributed by atoms with Crippen LogP contribution in [0.15, 0.2) is 12.1 Å². The summed E-state index contributed by atoms with van der Waals surface area (Å²) in [6.07, 6.45) is -0.211. The minimum Gasteiger partial charge on any atom is -0.333 e. The molecular formula is C12H14N4O3. The topological polar surface area (TPSA) is 100 Å². The zero-order valence-electron chi connectivity index (χ0n) is 10.9. The van der Waals surface area contributed by atoms with E-state index in [1.54, 1.807) is 12.1 Å². The highest BCUT2D eigenvalue weighted by Crippen LogP contribution is 2.31. The molecule has 2 aromatic rings. The fourth-order valence-corrected chi connectivity index (χ4v) is 2.02. The van der Waals surface area contributed by atoms with Gasteiger partial charge in [0.05, 0.1) is 0 Å². The van der Waals surface area contributed by atoms with Gasteiger partial charge in [0.25, 0.3) is 0 Å². The van der Waals surface area contributed by atoms with Crippen molar-refractivity contribution in [1.29, 1.82) is 0 Å². The lowest BCUT2D eigenvalue weighted by Gasteiger charge is -2.21. The lowest BCUT2D eigenvalue weighted by atomic mass is 9.83. The Bertz CT molecular complexity index is 655. The Kier molecular flexibility index (Phi) is 2.97. The highest BCUT2D eigenvalue weighted by atomic mass is 16.7. The molecule has 0 saturated carbocycles. The van der Waals surface area contributed by atoms with Crippen molar-refractivity contribution >= 4 is 23.4 Å². The number of aldehydes is 1. The summed E-state index contributed by atoms with van der Waals surface area (Å²) in [5, 5.41) is 7.68. The zero-order chi connectivity index (χ0) is 14.2. The second kappa shape index (κ2) is 4.34. The zero-order valence-corrected chi connectivity index (χ0v) is 10.9. The first kappa shape index (κ1) is 13.0. The van der Waals surface area contributed by atoms with Gasteiger partial charge in [-0.3, -0.25) is 9.63 Å². The molecule has 0 atom stereocenters. The number of hydrogen-bond donors (Lipinski definition) is 1. The summed E-state index contributed by atoms with van der Waals surface area (Å²) in [5.74, 6) is 0. The summed E-state index contributed by atoms with van der Waals surface area (Å²) < 4.78 is 0. The second-order valence-electron chi connectivity index (χ2n) is 5.14. The van der Waals surface area contributed by atoms with Crippen molar-refractivity contribution in [2.45, 2.75) is 26.2 Å². The normalized spacial score (nSPS) is 11.5. The van der Waals surface area contributed by atoms with E-state index in [9.17, 15) is 9.59 Å². The van der Waals surface area contributed by atoms with Crippen LogP contribution in [-0.4, -0.2) is 27.5 Å². The number of nitrogens with zero attached hydrogens (tertiary/aromatic N) is 3. The number of hydrogen-bond acceptors (Lipinski definition) is 5. The molecule has 0 saturated heterocycles. The summed E-state index contributed by atoms with van der Waals surface area (Å²) in [6.45, 7) is 5.88. The van der Waals surface area contributed by atoms with E-state index in [1.807, 2.05) is 20.8 Å². The molecule has 2 N–H and O–H groups in total. The first-order valence-electron chi connectivity index (χ1n) is 5.66. The van der Waals surface area contributed by atoms with Crippen molar-refractivity contribution in [3.05, 3.63) is 23.3 Å². The molecule has 7 nitrogen and oxygen atoms in total. The summed E-state index contributed by atoms with van der Waals surface area (Å²) in [5.41, 5.74) is 6.92. The summed E-state index contributed by atoms with van der Waals surface area (Å²) in [6, 6.07) is 3.25. The van der Waals surface area contributed by atoms with Crippen LogP contribution in [0.2, 0.25) is 0 Å². The smallest absolute Gasteiger partial charge is 0.333 e. The lowest BCUT2D eigenvalue weighted by molar-refractivity contribution is 0.112. The van der Waals surface area contributed by atoms with Gasteiger partial charge in [-0.2, -0.15) is 0 Å². The van der Waals surface area contributed by atoms with E-state index in [1.165, 1.54) is 0 Å². The Morgan fingerprint density at radius 3 is 2.63 bits per heavy atom. The molecule has 0 aliphatic rings. The van der Waals surface area contributed by atoms with Gasteiger partial charge in [-0.15, -0.1) is 5.10 Å². The molecule has 100 valence electrons. The fourth-order valence-electron chi connectivity index (χ4n) is 2.02. The average Bonchev–Trinajstić information content (AvgIpc) is 2.69. The maximum Gasteiger partial charge on any atom is 0.430 e. The fraction of sp³-hybridized carbons (Fsp3) is 0.333. The molecule has 19 heavy (non-hydrogen) atoms. The molecule has 1 heterocycles. The van der Waals surface area contributed by atoms with Crippen molar-refractivity contribution < 1.29 is 14.4 Å². The van der Waals surface area contributed by atoms with E-state index in [0.29, 0.717) is 16.6 Å². The van der Waals surface area contributed by atoms with E-state index >= 15 is 0 Å². The number of nitrogens with two attached hydrogens (primary N) is 1. The van der Waals surface area contributed by atoms with E-state index in [2.05, 4.69) is 10.3 Å². The molecule has 0 unspecified atom stereocenters. The van der Waals surface area contributed by atoms with Gasteiger partial charge in [-0.25, -0.2) is 4.79 Å². The van der Waals surface area contributed by atoms with Gasteiger partial charge in [0.1, 0.15) is 17.3 Å². The van der Waals surface area contributed by atoms with Crippen molar-refractivity contribution in [2.24, 2.45) is 5.73 Å². The SMILES string of the molecule is CC(C)(C)c1c(C=O)ccc2c1nnn2OC(N)=O. The van der Waals surface area contributed by atoms with Crippen LogP contribution in [0.3, 0.4) is 0 Å². The van der Waals surface area contributed by atoms with E-state index in [-0.39, 0.29) is 5.41 Å². The highest BCUT2D eigenvalue weighted by molar-refractivity contribution is 5.90. The van der Waals surface area contributed by atoms with Gasteiger partial charge in [-0.1, -0.05) is 25.6 Å². The van der Waals surface area contributed by atoms with Crippen molar-refractivity contribution in [1.82, 2.24) is 15.2 Å². The van der Waals surface area contributed by atoms with Crippen molar-refractivity contribution in [2.75, 3.05) is 0 Å². The molecule has 2 rings (SSSR count). The number of benzene rings is 1. The van der Waals surface area contributed by atoms with Gasteiger partial charge in [0, 0.05) is 5.56 Å². The van der Waals surface area contributed by atoms with Gasteiger partial charge in [0.2, 0.25) is 0 Å². The predicted octanol–water partition coefficient (Wildman–Crippen LogP) is 1.05. The minimum atomic E-state index is -0.983. The van der Waals surface area contributed by atoms with Gasteiger partial charge < -0.3 is 5.73 Å². The third kappa shape index (κ3) is 2.26. The molecule has 1 aromatic carbocycles. The predicted molar refractivity (Wildman–Crippen MR) is 67.8 cm³/mol. The van der Waals surface area contributed by atoms with E-state index < -0.39 is 6.09 Å². The maximum absolute atomic E-state index is 11.1. The molecule has 7 heteroatoms. The molecule has 0 aliphatic heterocycles. The third-order valence-corrected chi connectivity index (χ3v) is 2.67. The van der Waals surface area contributed by atoms with Gasteiger partial charge in [0.15, 0.2) is 0 Å². The molecule has 0 aliphatic carbocycles. The Morgan fingerprint density at radius 2 is 2.11 bits per heavy atom. The van der Waals surface area contributed by atoms with Crippen LogP contribution < -0.4 is 10.6 Å². The van der Waals surface area contributed by atoms with E-state index in [0.717, 1.165) is 16.7 Å². The molecule has 1 amide bonds. The van der Waals surface area contributed by atoms with Crippen LogP contribution in [0, 0.1) is 0 Å². The number of primary amides is 1. The van der Waals surface area contributed by atoms with Crippen LogP contribution >= 0.6 is 0 Å². The van der Waals surface area contributed by atoms with Crippen LogP contribution in [0.4, 0.5) is 4.79 Å². The van der Waals surface area contributed by atoms with Gasteiger partial charge >= 0.3 is 6.09 Å². The molecule has 0 fully saturated rings. The lowest BCUT2D eigenvalue weighted by Crippen LogP contribution is -2.26. The molecule has 0 radical (unpaired) electrons. The molecule has 1 aromatic heterocycles. The number of rotatable bonds is 2. The summed E-state index contributed by atoms with van der Waals surface area (Å²) in [7, 11) is 0. The Morgan fingerprint density at radius 1 is 1.42 bits per heavy atom. The van der Waals surface area contributed by atoms with Crippen LogP contribution in [-0.2, 0) is 5.41 Å². The largest absolute Gasteiger partial charge is 0.430 e. The number of aromatic nitrogens is 3. The van der Waals surface area contributed by atoms with Crippen molar-refractivity contribution in [3.63, 3.8) is 0 Å². The maximum atomic E-state index is 11.1. The first-order valence-corrected chi connectivity index (χ1v) is 5.66. The Hall–Kier alpha value is -2.44. The van der Waals surface area contributed by atoms with Gasteiger partial charge in [-0.05, 0) is 28.3 Å². The summed E-state index contributed by atoms with van der Waals surface area (Å²) in [4.78, 5) is 27.6. The molecule has 0 bridgehead atoms. The van der Waals surface area contributed by atoms with Crippen LogP contribution in [0.1, 0.15) is 36.7 Å². The number of carbonyl (C=O) groups is 2. The second-order valence-corrected chi connectivity index (χ2v) is 5.14. The van der Waals surface area contributed by atoms with E-state index in [4.69, 9.17) is 10.6 Å². The first-order chi connectivity index (χ1) is 8.84. The minimum absolute atomic E-state index is 0.302.